The molecule has 31 heavy (non-hydrogen) atoms. The Hall–Kier alpha value is -2.52. The van der Waals surface area contributed by atoms with Crippen LogP contribution in [0.15, 0.2) is 60.7 Å². The molecule has 0 aliphatic carbocycles. The molecule has 2 heterocycles. The molecule has 0 saturated carbocycles. The van der Waals surface area contributed by atoms with Gasteiger partial charge in [0.25, 0.3) is 16.1 Å². The van der Waals surface area contributed by atoms with Gasteiger partial charge in [-0.3, -0.25) is 10.0 Å². The van der Waals surface area contributed by atoms with Crippen molar-refractivity contribution >= 4 is 21.7 Å². The number of benzene rings is 2. The molecule has 164 valence electrons. The molecule has 1 saturated heterocycles. The van der Waals surface area contributed by atoms with Crippen LogP contribution >= 0.6 is 0 Å². The van der Waals surface area contributed by atoms with Gasteiger partial charge in [-0.1, -0.05) is 67.1 Å². The van der Waals surface area contributed by atoms with E-state index in [4.69, 9.17) is 5.21 Å². The third-order valence-corrected chi connectivity index (χ3v) is 8.04. The summed E-state index contributed by atoms with van der Waals surface area (Å²) in [4.78, 5) is 12.0. The van der Waals surface area contributed by atoms with Gasteiger partial charge in [0.15, 0.2) is 0 Å². The molecule has 0 bridgehead atoms. The summed E-state index contributed by atoms with van der Waals surface area (Å²) in [5.74, 6) is -0.671. The first-order valence-electron chi connectivity index (χ1n) is 10.6. The molecule has 0 aromatic heterocycles. The van der Waals surface area contributed by atoms with Gasteiger partial charge in [0.05, 0.1) is 0 Å². The quantitative estimate of drug-likeness (QED) is 0.551. The summed E-state index contributed by atoms with van der Waals surface area (Å²) < 4.78 is 29.0. The van der Waals surface area contributed by atoms with Gasteiger partial charge in [-0.2, -0.15) is 17.0 Å². The van der Waals surface area contributed by atoms with E-state index in [-0.39, 0.29) is 13.1 Å². The molecule has 2 N–H and O–H groups in total. The summed E-state index contributed by atoms with van der Waals surface area (Å²) in [7, 11) is -3.79. The molecule has 2 aromatic rings. The van der Waals surface area contributed by atoms with Gasteiger partial charge in [0.1, 0.15) is 6.04 Å². The SMILES string of the molecule is O=C(NO)[C@H]1CCCCN1S(=O)(=O)N1CC=C(c2ccc(-c3ccccc3)cc2)CC1. The first kappa shape index (κ1) is 21.7. The highest BCUT2D eigenvalue weighted by Crippen LogP contribution is 2.29. The van der Waals surface area contributed by atoms with E-state index in [0.29, 0.717) is 25.8 Å². The Kier molecular flexibility index (Phi) is 6.52. The molecule has 1 fully saturated rings. The Morgan fingerprint density at radius 1 is 0.935 bits per heavy atom. The minimum Gasteiger partial charge on any atom is -0.289 e. The second-order valence-electron chi connectivity index (χ2n) is 7.89. The Bertz CT molecular complexity index is 1050. The molecular weight excluding hydrogens is 414 g/mol. The van der Waals surface area contributed by atoms with E-state index in [1.54, 1.807) is 5.48 Å². The van der Waals surface area contributed by atoms with Gasteiger partial charge in [-0.25, -0.2) is 5.48 Å². The maximum atomic E-state index is 13.2. The van der Waals surface area contributed by atoms with Crippen LogP contribution in [0.3, 0.4) is 0 Å². The first-order valence-corrected chi connectivity index (χ1v) is 12.0. The smallest absolute Gasteiger partial charge is 0.283 e. The van der Waals surface area contributed by atoms with Crippen LogP contribution < -0.4 is 5.48 Å². The number of rotatable bonds is 5. The van der Waals surface area contributed by atoms with Crippen molar-refractivity contribution in [1.82, 2.24) is 14.1 Å². The zero-order valence-electron chi connectivity index (χ0n) is 17.3. The summed E-state index contributed by atoms with van der Waals surface area (Å²) >= 11 is 0. The second kappa shape index (κ2) is 9.32. The lowest BCUT2D eigenvalue weighted by atomic mass is 9.97. The fraction of sp³-hybridized carbons (Fsp3) is 0.348. The molecule has 2 aliphatic heterocycles. The number of amides is 1. The number of nitrogens with one attached hydrogen (secondary N) is 1. The second-order valence-corrected chi connectivity index (χ2v) is 9.77. The Morgan fingerprint density at radius 2 is 1.61 bits per heavy atom. The molecule has 0 unspecified atom stereocenters. The molecule has 1 atom stereocenters. The summed E-state index contributed by atoms with van der Waals surface area (Å²) in [6.07, 6.45) is 4.43. The zero-order chi connectivity index (χ0) is 21.8. The molecule has 2 aromatic carbocycles. The maximum Gasteiger partial charge on any atom is 0.283 e. The van der Waals surface area contributed by atoms with Crippen LogP contribution in [-0.2, 0) is 15.0 Å². The summed E-state index contributed by atoms with van der Waals surface area (Å²) in [5, 5.41) is 8.99. The largest absolute Gasteiger partial charge is 0.289 e. The highest BCUT2D eigenvalue weighted by atomic mass is 32.2. The minimum absolute atomic E-state index is 0.266. The molecule has 8 heteroatoms. The van der Waals surface area contributed by atoms with Crippen LogP contribution in [-0.4, -0.2) is 53.8 Å². The molecule has 0 spiro atoms. The van der Waals surface area contributed by atoms with E-state index < -0.39 is 22.2 Å². The van der Waals surface area contributed by atoms with Crippen LogP contribution in [0, 0.1) is 0 Å². The molecule has 4 rings (SSSR count). The highest BCUT2D eigenvalue weighted by Gasteiger charge is 2.40. The van der Waals surface area contributed by atoms with Gasteiger partial charge < -0.3 is 0 Å². The average molecular weight is 442 g/mol. The number of nitrogens with zero attached hydrogens (tertiary/aromatic N) is 2. The van der Waals surface area contributed by atoms with Gasteiger partial charge >= 0.3 is 0 Å². The molecular formula is C23H27N3O4S. The summed E-state index contributed by atoms with van der Waals surface area (Å²) in [5.41, 5.74) is 6.12. The van der Waals surface area contributed by atoms with Crippen molar-refractivity contribution in [1.29, 1.82) is 0 Å². The lowest BCUT2D eigenvalue weighted by Crippen LogP contribution is -2.56. The molecule has 2 aliphatic rings. The number of piperidine rings is 1. The van der Waals surface area contributed by atoms with Gasteiger partial charge in [0.2, 0.25) is 0 Å². The predicted octanol–water partition coefficient (Wildman–Crippen LogP) is 3.05. The van der Waals surface area contributed by atoms with Crippen molar-refractivity contribution in [3.05, 3.63) is 66.2 Å². The van der Waals surface area contributed by atoms with E-state index >= 15 is 0 Å². The summed E-state index contributed by atoms with van der Waals surface area (Å²) in [6.45, 7) is 0.912. The molecule has 7 nitrogen and oxygen atoms in total. The Morgan fingerprint density at radius 3 is 2.26 bits per heavy atom. The van der Waals surface area contributed by atoms with E-state index in [9.17, 15) is 13.2 Å². The van der Waals surface area contributed by atoms with Gasteiger partial charge in [0, 0.05) is 19.6 Å². The van der Waals surface area contributed by atoms with E-state index in [0.717, 1.165) is 28.7 Å². The van der Waals surface area contributed by atoms with Crippen LogP contribution in [0.1, 0.15) is 31.2 Å². The lowest BCUT2D eigenvalue weighted by Gasteiger charge is -2.37. The molecule has 1 amide bonds. The Labute approximate surface area is 183 Å². The standard InChI is InChI=1S/C23H27N3O4S/c27-23(24-28)22-8-4-5-15-26(22)31(29,30)25-16-13-21(14-17-25)20-11-9-19(10-12-20)18-6-2-1-3-7-18/h1-3,6-7,9-13,22,28H,4-5,8,14-17H2,(H,24,27)/t22-/m1/s1. The third kappa shape index (κ3) is 4.57. The van der Waals surface area contributed by atoms with Crippen LogP contribution in [0.5, 0.6) is 0 Å². The van der Waals surface area contributed by atoms with Crippen LogP contribution in [0.2, 0.25) is 0 Å². The van der Waals surface area contributed by atoms with Crippen molar-refractivity contribution in [2.24, 2.45) is 0 Å². The van der Waals surface area contributed by atoms with E-state index in [2.05, 4.69) is 36.4 Å². The third-order valence-electron chi connectivity index (χ3n) is 6.02. The van der Waals surface area contributed by atoms with Crippen LogP contribution in [0.4, 0.5) is 0 Å². The molecule has 0 radical (unpaired) electrons. The number of carbonyl (C=O) groups is 1. The van der Waals surface area contributed by atoms with E-state index in [1.807, 2.05) is 24.3 Å². The van der Waals surface area contributed by atoms with Gasteiger partial charge in [-0.15, -0.1) is 0 Å². The minimum atomic E-state index is -3.79. The number of hydrogen-bond acceptors (Lipinski definition) is 4. The fourth-order valence-corrected chi connectivity index (χ4v) is 6.06. The number of carbonyl (C=O) groups excluding carboxylic acids is 1. The maximum absolute atomic E-state index is 13.2. The van der Waals surface area contributed by atoms with Crippen molar-refractivity contribution in [2.75, 3.05) is 19.6 Å². The Balaban J connectivity index is 1.47. The zero-order valence-corrected chi connectivity index (χ0v) is 18.1. The normalized spacial score (nSPS) is 20.8. The van der Waals surface area contributed by atoms with E-state index in [1.165, 1.54) is 8.61 Å². The monoisotopic (exact) mass is 441 g/mol. The van der Waals surface area contributed by atoms with Crippen molar-refractivity contribution in [3.63, 3.8) is 0 Å². The number of hydrogen-bond donors (Lipinski definition) is 2. The topological polar surface area (TPSA) is 90.0 Å². The summed E-state index contributed by atoms with van der Waals surface area (Å²) in [6, 6.07) is 17.6. The average Bonchev–Trinajstić information content (AvgIpc) is 2.84. The van der Waals surface area contributed by atoms with Crippen LogP contribution in [0.25, 0.3) is 16.7 Å². The number of hydroxylamine groups is 1. The predicted molar refractivity (Wildman–Crippen MR) is 119 cm³/mol. The first-order chi connectivity index (χ1) is 15.0. The lowest BCUT2D eigenvalue weighted by molar-refractivity contribution is -0.134. The van der Waals surface area contributed by atoms with Crippen molar-refractivity contribution in [2.45, 2.75) is 31.7 Å². The van der Waals surface area contributed by atoms with Gasteiger partial charge in [-0.05, 0) is 41.5 Å². The highest BCUT2D eigenvalue weighted by molar-refractivity contribution is 7.86. The van der Waals surface area contributed by atoms with Crippen molar-refractivity contribution < 1.29 is 18.4 Å². The van der Waals surface area contributed by atoms with Crippen molar-refractivity contribution in [3.8, 4) is 11.1 Å². The fourth-order valence-electron chi connectivity index (χ4n) is 4.30.